The number of carbonyl (C=O) groups excluding carboxylic acids is 2. The van der Waals surface area contributed by atoms with Crippen molar-refractivity contribution in [2.24, 2.45) is 5.92 Å². The van der Waals surface area contributed by atoms with Gasteiger partial charge in [-0.3, -0.25) is 9.59 Å². The summed E-state index contributed by atoms with van der Waals surface area (Å²) in [5, 5.41) is 6.92. The average molecular weight is 394 g/mol. The molecule has 2 N–H and O–H groups in total. The maximum atomic E-state index is 12.5. The molecule has 148 valence electrons. The first kappa shape index (κ1) is 20.0. The van der Waals surface area contributed by atoms with Gasteiger partial charge in [0.2, 0.25) is 11.8 Å². The summed E-state index contributed by atoms with van der Waals surface area (Å²) in [6.45, 7) is 3.40. The van der Waals surface area contributed by atoms with E-state index in [2.05, 4.69) is 10.6 Å². The van der Waals surface area contributed by atoms with E-state index in [1.54, 1.807) is 24.3 Å². The predicted molar refractivity (Wildman–Crippen MR) is 105 cm³/mol. The second kappa shape index (κ2) is 9.95. The van der Waals surface area contributed by atoms with Gasteiger partial charge in [-0.2, -0.15) is 0 Å². The summed E-state index contributed by atoms with van der Waals surface area (Å²) in [6.07, 6.45) is 4.35. The molecule has 0 saturated carbocycles. The molecule has 2 aliphatic rings. The van der Waals surface area contributed by atoms with E-state index < -0.39 is 0 Å². The van der Waals surface area contributed by atoms with E-state index in [0.29, 0.717) is 42.8 Å². The molecule has 27 heavy (non-hydrogen) atoms. The van der Waals surface area contributed by atoms with Gasteiger partial charge >= 0.3 is 0 Å². The first-order chi connectivity index (χ1) is 13.1. The molecule has 7 heteroatoms. The SMILES string of the molecule is O=C(NCC1CCCN(C(=O)CCOc2ccc(Cl)cc2)C1)C1CCCN1. The Morgan fingerprint density at radius 2 is 2.04 bits per heavy atom. The molecule has 2 amide bonds. The molecule has 0 aromatic heterocycles. The lowest BCUT2D eigenvalue weighted by Crippen LogP contribution is -2.46. The number of hydrogen-bond acceptors (Lipinski definition) is 4. The number of hydrogen-bond donors (Lipinski definition) is 2. The minimum atomic E-state index is -0.0451. The van der Waals surface area contributed by atoms with Gasteiger partial charge in [0.05, 0.1) is 19.1 Å². The number of amides is 2. The number of carbonyl (C=O) groups is 2. The van der Waals surface area contributed by atoms with Gasteiger partial charge in [0.15, 0.2) is 0 Å². The van der Waals surface area contributed by atoms with Crippen LogP contribution in [-0.2, 0) is 9.59 Å². The molecular weight excluding hydrogens is 366 g/mol. The summed E-state index contributed by atoms with van der Waals surface area (Å²) < 4.78 is 5.62. The zero-order valence-electron chi connectivity index (χ0n) is 15.6. The standard InChI is InChI=1S/C20H28ClN3O3/c21-16-5-7-17(8-6-16)27-12-9-19(25)24-11-2-3-15(14-24)13-23-20(26)18-4-1-10-22-18/h5-8,15,18,22H,1-4,9-14H2,(H,23,26). The lowest BCUT2D eigenvalue weighted by molar-refractivity contribution is -0.133. The topological polar surface area (TPSA) is 70.7 Å². The van der Waals surface area contributed by atoms with Crippen molar-refractivity contribution in [3.8, 4) is 5.75 Å². The van der Waals surface area contributed by atoms with E-state index in [-0.39, 0.29) is 17.9 Å². The zero-order valence-corrected chi connectivity index (χ0v) is 16.3. The first-order valence-electron chi connectivity index (χ1n) is 9.79. The van der Waals surface area contributed by atoms with Crippen LogP contribution in [0.1, 0.15) is 32.1 Å². The van der Waals surface area contributed by atoms with E-state index in [9.17, 15) is 9.59 Å². The summed E-state index contributed by atoms with van der Waals surface area (Å²) in [5.74, 6) is 1.24. The van der Waals surface area contributed by atoms with Gasteiger partial charge in [-0.1, -0.05) is 11.6 Å². The number of rotatable bonds is 7. The molecule has 0 bridgehead atoms. The number of piperidine rings is 1. The molecule has 3 rings (SSSR count). The highest BCUT2D eigenvalue weighted by Crippen LogP contribution is 2.18. The Hall–Kier alpha value is -1.79. The third kappa shape index (κ3) is 6.11. The molecule has 6 nitrogen and oxygen atoms in total. The quantitative estimate of drug-likeness (QED) is 0.745. The molecular formula is C20H28ClN3O3. The molecule has 2 aliphatic heterocycles. The van der Waals surface area contributed by atoms with Crippen molar-refractivity contribution in [1.29, 1.82) is 0 Å². The van der Waals surface area contributed by atoms with E-state index in [1.807, 2.05) is 4.90 Å². The fourth-order valence-corrected chi connectivity index (χ4v) is 3.81. The number of halogens is 1. The minimum absolute atomic E-state index is 0.0451. The number of likely N-dealkylation sites (tertiary alicyclic amines) is 1. The van der Waals surface area contributed by atoms with Crippen LogP contribution in [0.3, 0.4) is 0 Å². The van der Waals surface area contributed by atoms with Crippen molar-refractivity contribution in [3.63, 3.8) is 0 Å². The highest BCUT2D eigenvalue weighted by Gasteiger charge is 2.26. The van der Waals surface area contributed by atoms with Crippen LogP contribution >= 0.6 is 11.6 Å². The Bertz CT molecular complexity index is 632. The molecule has 0 radical (unpaired) electrons. The first-order valence-corrected chi connectivity index (χ1v) is 10.2. The lowest BCUT2D eigenvalue weighted by atomic mass is 9.97. The van der Waals surface area contributed by atoms with Gasteiger partial charge in [0.25, 0.3) is 0 Å². The van der Waals surface area contributed by atoms with Crippen LogP contribution in [0.2, 0.25) is 5.02 Å². The molecule has 2 unspecified atom stereocenters. The Kier molecular flexibility index (Phi) is 7.35. The monoisotopic (exact) mass is 393 g/mol. The normalized spacial score (nSPS) is 22.5. The van der Waals surface area contributed by atoms with Crippen LogP contribution in [0, 0.1) is 5.92 Å². The minimum Gasteiger partial charge on any atom is -0.493 e. The number of nitrogens with one attached hydrogen (secondary N) is 2. The molecule has 2 atom stereocenters. The molecule has 1 aromatic carbocycles. The molecule has 2 fully saturated rings. The van der Waals surface area contributed by atoms with E-state index in [1.165, 1.54) is 0 Å². The maximum absolute atomic E-state index is 12.5. The third-order valence-electron chi connectivity index (χ3n) is 5.21. The summed E-state index contributed by atoms with van der Waals surface area (Å²) in [4.78, 5) is 26.5. The average Bonchev–Trinajstić information content (AvgIpc) is 3.23. The predicted octanol–water partition coefficient (Wildman–Crippen LogP) is 2.22. The van der Waals surface area contributed by atoms with E-state index >= 15 is 0 Å². The highest BCUT2D eigenvalue weighted by atomic mass is 35.5. The zero-order chi connectivity index (χ0) is 19.1. The van der Waals surface area contributed by atoms with Gasteiger partial charge < -0.3 is 20.3 Å². The summed E-state index contributed by atoms with van der Waals surface area (Å²) in [5.41, 5.74) is 0. The smallest absolute Gasteiger partial charge is 0.237 e. The van der Waals surface area contributed by atoms with Crippen LogP contribution in [0.15, 0.2) is 24.3 Å². The number of nitrogens with zero attached hydrogens (tertiary/aromatic N) is 1. The van der Waals surface area contributed by atoms with Crippen molar-refractivity contribution in [3.05, 3.63) is 29.3 Å². The summed E-state index contributed by atoms with van der Waals surface area (Å²) in [6, 6.07) is 7.08. The highest BCUT2D eigenvalue weighted by molar-refractivity contribution is 6.30. The molecule has 1 aromatic rings. The summed E-state index contributed by atoms with van der Waals surface area (Å²) in [7, 11) is 0. The van der Waals surface area contributed by atoms with Crippen LogP contribution in [0.4, 0.5) is 0 Å². The van der Waals surface area contributed by atoms with Gasteiger partial charge in [-0.25, -0.2) is 0 Å². The van der Waals surface area contributed by atoms with E-state index in [0.717, 1.165) is 38.8 Å². The van der Waals surface area contributed by atoms with Crippen molar-refractivity contribution in [2.75, 3.05) is 32.8 Å². The lowest BCUT2D eigenvalue weighted by Gasteiger charge is -2.33. The van der Waals surface area contributed by atoms with Crippen molar-refractivity contribution in [2.45, 2.75) is 38.1 Å². The van der Waals surface area contributed by atoms with Gasteiger partial charge in [-0.15, -0.1) is 0 Å². The Morgan fingerprint density at radius 1 is 1.22 bits per heavy atom. The van der Waals surface area contributed by atoms with Crippen LogP contribution in [-0.4, -0.2) is 55.5 Å². The van der Waals surface area contributed by atoms with Gasteiger partial charge in [-0.05, 0) is 62.4 Å². The fourth-order valence-electron chi connectivity index (χ4n) is 3.68. The van der Waals surface area contributed by atoms with Crippen molar-refractivity contribution in [1.82, 2.24) is 15.5 Å². The maximum Gasteiger partial charge on any atom is 0.237 e. The number of benzene rings is 1. The van der Waals surface area contributed by atoms with Crippen molar-refractivity contribution < 1.29 is 14.3 Å². The van der Waals surface area contributed by atoms with Crippen LogP contribution in [0.5, 0.6) is 5.75 Å². The Morgan fingerprint density at radius 3 is 2.78 bits per heavy atom. The molecule has 0 spiro atoms. The third-order valence-corrected chi connectivity index (χ3v) is 5.46. The van der Waals surface area contributed by atoms with Crippen LogP contribution in [0.25, 0.3) is 0 Å². The van der Waals surface area contributed by atoms with Gasteiger partial charge in [0, 0.05) is 24.7 Å². The second-order valence-electron chi connectivity index (χ2n) is 7.29. The largest absolute Gasteiger partial charge is 0.493 e. The molecule has 2 heterocycles. The fraction of sp³-hybridized carbons (Fsp3) is 0.600. The Labute approximate surface area is 165 Å². The molecule has 0 aliphatic carbocycles. The van der Waals surface area contributed by atoms with Gasteiger partial charge in [0.1, 0.15) is 5.75 Å². The molecule has 2 saturated heterocycles. The summed E-state index contributed by atoms with van der Waals surface area (Å²) >= 11 is 5.85. The van der Waals surface area contributed by atoms with Crippen molar-refractivity contribution >= 4 is 23.4 Å². The number of ether oxygens (including phenoxy) is 1. The Balaban J connectivity index is 1.37. The second-order valence-corrected chi connectivity index (χ2v) is 7.73. The van der Waals surface area contributed by atoms with Crippen LogP contribution < -0.4 is 15.4 Å². The van der Waals surface area contributed by atoms with E-state index in [4.69, 9.17) is 16.3 Å².